The predicted molar refractivity (Wildman–Crippen MR) is 90.6 cm³/mol. The van der Waals surface area contributed by atoms with Crippen LogP contribution in [-0.2, 0) is 22.4 Å². The van der Waals surface area contributed by atoms with Crippen LogP contribution in [0.5, 0.6) is 0 Å². The summed E-state index contributed by atoms with van der Waals surface area (Å²) in [4.78, 5) is 24.3. The highest BCUT2D eigenvalue weighted by atomic mass is 28.3. The van der Waals surface area contributed by atoms with E-state index in [2.05, 4.69) is 39.3 Å². The van der Waals surface area contributed by atoms with Gasteiger partial charge in [-0.05, 0) is 11.1 Å². The van der Waals surface area contributed by atoms with E-state index in [1.54, 1.807) is 0 Å². The third kappa shape index (κ3) is 5.17. The second kappa shape index (κ2) is 6.18. The van der Waals surface area contributed by atoms with Gasteiger partial charge < -0.3 is 9.59 Å². The van der Waals surface area contributed by atoms with Crippen molar-refractivity contribution in [3.05, 3.63) is 35.4 Å². The van der Waals surface area contributed by atoms with E-state index in [1.807, 2.05) is 24.3 Å². The number of benzene rings is 1. The molecule has 0 saturated heterocycles. The monoisotopic (exact) mass is 306 g/mol. The van der Waals surface area contributed by atoms with Gasteiger partial charge in [-0.15, -0.1) is 0 Å². The average molecular weight is 307 g/mol. The highest BCUT2D eigenvalue weighted by Gasteiger charge is 2.25. The van der Waals surface area contributed by atoms with Gasteiger partial charge in [0.1, 0.15) is 27.0 Å². The van der Waals surface area contributed by atoms with Crippen LogP contribution in [0.4, 0.5) is 0 Å². The summed E-state index contributed by atoms with van der Waals surface area (Å²) in [6.07, 6.45) is 1.01. The van der Waals surface area contributed by atoms with E-state index in [4.69, 9.17) is 0 Å². The first-order valence-electron chi connectivity index (χ1n) is 7.14. The van der Waals surface area contributed by atoms with Crippen LogP contribution in [0.3, 0.4) is 0 Å². The topological polar surface area (TPSA) is 34.1 Å². The van der Waals surface area contributed by atoms with Gasteiger partial charge in [0, 0.05) is 12.8 Å². The predicted octanol–water partition coefficient (Wildman–Crippen LogP) is 3.66. The lowest BCUT2D eigenvalue weighted by Gasteiger charge is -2.16. The Morgan fingerprint density at radius 2 is 1.15 bits per heavy atom. The molecular formula is C16H26O2Si2. The molecule has 0 atom stereocenters. The van der Waals surface area contributed by atoms with E-state index in [9.17, 15) is 9.59 Å². The molecule has 110 valence electrons. The molecular weight excluding hydrogens is 280 g/mol. The molecule has 0 heterocycles. The molecule has 2 nitrogen and oxygen atoms in total. The van der Waals surface area contributed by atoms with Crippen LogP contribution >= 0.6 is 0 Å². The Morgan fingerprint density at radius 1 is 0.800 bits per heavy atom. The first-order valence-corrected chi connectivity index (χ1v) is 14.1. The second-order valence-electron chi connectivity index (χ2n) is 7.52. The summed E-state index contributed by atoms with van der Waals surface area (Å²) in [6.45, 7) is 12.5. The van der Waals surface area contributed by atoms with Gasteiger partial charge in [-0.25, -0.2) is 0 Å². The van der Waals surface area contributed by atoms with Crippen molar-refractivity contribution in [2.45, 2.75) is 52.1 Å². The molecule has 1 aromatic carbocycles. The minimum absolute atomic E-state index is 0.367. The van der Waals surface area contributed by atoms with Crippen LogP contribution in [0.1, 0.15) is 11.1 Å². The molecule has 0 aliphatic carbocycles. The lowest BCUT2D eigenvalue weighted by Crippen LogP contribution is -2.35. The van der Waals surface area contributed by atoms with E-state index in [0.717, 1.165) is 11.1 Å². The van der Waals surface area contributed by atoms with Crippen LogP contribution in [0.25, 0.3) is 0 Å². The van der Waals surface area contributed by atoms with Crippen molar-refractivity contribution in [1.82, 2.24) is 0 Å². The summed E-state index contributed by atoms with van der Waals surface area (Å²) in [6, 6.07) is 7.96. The number of carbonyl (C=O) groups is 2. The summed E-state index contributed by atoms with van der Waals surface area (Å²) < 4.78 is 0. The van der Waals surface area contributed by atoms with Crippen molar-refractivity contribution in [1.29, 1.82) is 0 Å². The molecule has 0 aliphatic rings. The SMILES string of the molecule is C[Si](C)(C)C(=O)Cc1cccc(CC(=O)[Si](C)(C)C)c1. The molecule has 4 heteroatoms. The van der Waals surface area contributed by atoms with Crippen molar-refractivity contribution in [3.8, 4) is 0 Å². The summed E-state index contributed by atoms with van der Waals surface area (Å²) >= 11 is 0. The van der Waals surface area contributed by atoms with Gasteiger partial charge in [0.25, 0.3) is 0 Å². The van der Waals surface area contributed by atoms with E-state index < -0.39 is 16.1 Å². The van der Waals surface area contributed by atoms with Crippen molar-refractivity contribution in [2.24, 2.45) is 0 Å². The third-order valence-corrected chi connectivity index (χ3v) is 7.09. The molecule has 0 amide bonds. The van der Waals surface area contributed by atoms with Gasteiger partial charge >= 0.3 is 0 Å². The quantitative estimate of drug-likeness (QED) is 0.752. The van der Waals surface area contributed by atoms with Gasteiger partial charge in [0.2, 0.25) is 0 Å². The Morgan fingerprint density at radius 3 is 1.45 bits per heavy atom. The average Bonchev–Trinajstić information content (AvgIpc) is 2.26. The van der Waals surface area contributed by atoms with Gasteiger partial charge in [0.15, 0.2) is 0 Å². The zero-order valence-electron chi connectivity index (χ0n) is 13.5. The number of hydrogen-bond donors (Lipinski definition) is 0. The fourth-order valence-corrected chi connectivity index (χ4v) is 3.22. The standard InChI is InChI=1S/C16H26O2Si2/c1-19(2,3)15(17)11-13-8-7-9-14(10-13)12-16(18)20(4,5)6/h7-10H,11-12H2,1-6H3. The molecule has 0 radical (unpaired) electrons. The molecule has 0 fully saturated rings. The third-order valence-electron chi connectivity index (χ3n) is 3.39. The molecule has 0 N–H and O–H groups in total. The molecule has 0 saturated carbocycles. The van der Waals surface area contributed by atoms with Gasteiger partial charge in [-0.2, -0.15) is 0 Å². The van der Waals surface area contributed by atoms with Gasteiger partial charge in [-0.3, -0.25) is 0 Å². The molecule has 0 spiro atoms. The van der Waals surface area contributed by atoms with Gasteiger partial charge in [0.05, 0.1) is 0 Å². The van der Waals surface area contributed by atoms with Crippen LogP contribution in [0.15, 0.2) is 24.3 Å². The van der Waals surface area contributed by atoms with Gasteiger partial charge in [-0.1, -0.05) is 63.5 Å². The maximum Gasteiger partial charge on any atom is 0.124 e. The number of hydrogen-bond acceptors (Lipinski definition) is 2. The molecule has 0 aliphatic heterocycles. The van der Waals surface area contributed by atoms with E-state index in [-0.39, 0.29) is 0 Å². The Hall–Kier alpha value is -1.01. The first-order chi connectivity index (χ1) is 9.00. The molecule has 20 heavy (non-hydrogen) atoms. The largest absolute Gasteiger partial charge is 0.305 e. The summed E-state index contributed by atoms with van der Waals surface area (Å²) in [7, 11) is -3.44. The highest BCUT2D eigenvalue weighted by Crippen LogP contribution is 2.14. The number of rotatable bonds is 6. The zero-order chi connectivity index (χ0) is 15.6. The minimum Gasteiger partial charge on any atom is -0.305 e. The smallest absolute Gasteiger partial charge is 0.124 e. The van der Waals surface area contributed by atoms with Crippen LogP contribution < -0.4 is 0 Å². The van der Waals surface area contributed by atoms with Crippen molar-refractivity contribution in [2.75, 3.05) is 0 Å². The van der Waals surface area contributed by atoms with E-state index in [0.29, 0.717) is 23.7 Å². The number of carbonyl (C=O) groups excluding carboxylic acids is 2. The minimum atomic E-state index is -1.72. The van der Waals surface area contributed by atoms with Crippen LogP contribution in [-0.4, -0.2) is 27.0 Å². The fourth-order valence-electron chi connectivity index (χ4n) is 1.75. The molecule has 0 aromatic heterocycles. The summed E-state index contributed by atoms with van der Waals surface area (Å²) in [5, 5.41) is 0.734. The van der Waals surface area contributed by atoms with Crippen molar-refractivity contribution in [3.63, 3.8) is 0 Å². The molecule has 1 aromatic rings. The Bertz CT molecular complexity index is 465. The molecule has 0 unspecified atom stereocenters. The maximum absolute atomic E-state index is 12.1. The van der Waals surface area contributed by atoms with E-state index in [1.165, 1.54) is 0 Å². The Labute approximate surface area is 124 Å². The second-order valence-corrected chi connectivity index (χ2v) is 17.6. The van der Waals surface area contributed by atoms with Crippen molar-refractivity contribution < 1.29 is 9.59 Å². The summed E-state index contributed by atoms with van der Waals surface area (Å²) in [5.41, 5.74) is 2.08. The normalized spacial score (nSPS) is 12.3. The van der Waals surface area contributed by atoms with Crippen LogP contribution in [0, 0.1) is 0 Å². The van der Waals surface area contributed by atoms with Crippen molar-refractivity contribution >= 4 is 27.0 Å². The van der Waals surface area contributed by atoms with Crippen LogP contribution in [0.2, 0.25) is 39.3 Å². The Balaban J connectivity index is 2.82. The maximum atomic E-state index is 12.1. The highest BCUT2D eigenvalue weighted by molar-refractivity contribution is 7.04. The lowest BCUT2D eigenvalue weighted by atomic mass is 10.1. The Kier molecular flexibility index (Phi) is 5.27. The zero-order valence-corrected chi connectivity index (χ0v) is 15.5. The first kappa shape index (κ1) is 17.0. The molecule has 0 bridgehead atoms. The summed E-state index contributed by atoms with van der Waals surface area (Å²) in [5.74, 6) is 0. The van der Waals surface area contributed by atoms with E-state index >= 15 is 0 Å². The molecule has 1 rings (SSSR count). The fraction of sp³-hybridized carbons (Fsp3) is 0.500. The lowest BCUT2D eigenvalue weighted by molar-refractivity contribution is -0.112.